The van der Waals surface area contributed by atoms with E-state index in [4.69, 9.17) is 18.9 Å². The molecule has 0 unspecified atom stereocenters. The number of nitrogens with zero attached hydrogens (tertiary/aromatic N) is 4. The van der Waals surface area contributed by atoms with Crippen LogP contribution in [0.25, 0.3) is 77.2 Å². The second kappa shape index (κ2) is 24.9. The van der Waals surface area contributed by atoms with Crippen molar-refractivity contribution in [3.8, 4) is 79.6 Å². The van der Waals surface area contributed by atoms with Crippen LogP contribution < -0.4 is 61.5 Å². The van der Waals surface area contributed by atoms with Gasteiger partial charge in [-0.25, -0.2) is 0 Å². The molecule has 0 saturated carbocycles. The highest BCUT2D eigenvalue weighted by molar-refractivity contribution is 6.99. The fourth-order valence-electron chi connectivity index (χ4n) is 16.8. The van der Waals surface area contributed by atoms with Crippen LogP contribution in [0.3, 0.4) is 0 Å². The number of hydrogen-bond donors (Lipinski definition) is 0. The Morgan fingerprint density at radius 2 is 0.519 bits per heavy atom. The van der Waals surface area contributed by atoms with E-state index in [0.717, 1.165) is 147 Å². The molecule has 0 atom stereocenters. The Balaban J connectivity index is 0.000000139. The fourth-order valence-corrected chi connectivity index (χ4v) is 16.8. The van der Waals surface area contributed by atoms with Gasteiger partial charge in [-0.05, 0) is 173 Å². The monoisotopic (exact) mass is 1360 g/mol. The molecule has 2 aromatic heterocycles. The number of ether oxygens (including phenoxy) is 4. The average molecular weight is 1360 g/mol. The molecule has 0 fully saturated rings. The van der Waals surface area contributed by atoms with Crippen LogP contribution in [0.1, 0.15) is 0 Å². The molecule has 496 valence electrons. The van der Waals surface area contributed by atoms with E-state index in [1.165, 1.54) is 43.6 Å². The summed E-state index contributed by atoms with van der Waals surface area (Å²) in [6.45, 7) is -0.0708. The maximum atomic E-state index is 6.98. The quantitative estimate of drug-likeness (QED) is 0.127. The zero-order valence-electron chi connectivity index (χ0n) is 57.4. The van der Waals surface area contributed by atoms with Gasteiger partial charge < -0.3 is 37.9 Å². The van der Waals surface area contributed by atoms with Gasteiger partial charge in [0.05, 0.1) is 22.1 Å². The molecule has 0 N–H and O–H groups in total. The summed E-state index contributed by atoms with van der Waals surface area (Å²) in [5, 5.41) is 4.98. The van der Waals surface area contributed by atoms with Gasteiger partial charge in [-0.3, -0.25) is 0 Å². The maximum absolute atomic E-state index is 6.98. The summed E-state index contributed by atoms with van der Waals surface area (Å²) in [6, 6.07) is 133. The molecule has 10 heteroatoms. The van der Waals surface area contributed by atoms with Crippen molar-refractivity contribution in [3.05, 3.63) is 376 Å². The number of benzene rings is 16. The Kier molecular flexibility index (Phi) is 14.3. The van der Waals surface area contributed by atoms with E-state index in [9.17, 15) is 0 Å². The Hall–Kier alpha value is -14.0. The summed E-state index contributed by atoms with van der Waals surface area (Å²) in [5.41, 5.74) is 24.2. The predicted octanol–water partition coefficient (Wildman–Crippen LogP) is 21.3. The Labute approximate surface area is 613 Å². The molecule has 4 aliphatic heterocycles. The third-order valence-corrected chi connectivity index (χ3v) is 21.4. The number of para-hydroxylation sites is 10. The number of fused-ring (bicyclic) bond motifs is 14. The zero-order valence-corrected chi connectivity index (χ0v) is 57.4. The van der Waals surface area contributed by atoms with Crippen LogP contribution in [0.4, 0.5) is 34.1 Å². The minimum Gasteiger partial charge on any atom is -0.458 e. The third kappa shape index (κ3) is 9.94. The topological polar surface area (TPSA) is 53.3 Å². The van der Waals surface area contributed by atoms with E-state index in [1.807, 2.05) is 6.07 Å². The van der Waals surface area contributed by atoms with E-state index in [0.29, 0.717) is 0 Å². The van der Waals surface area contributed by atoms with E-state index < -0.39 is 0 Å². The molecule has 0 amide bonds. The Bertz CT molecular complexity index is 5920. The average Bonchev–Trinajstić information content (AvgIpc) is 0.877. The van der Waals surface area contributed by atoms with Gasteiger partial charge in [-0.1, -0.05) is 224 Å². The highest BCUT2D eigenvalue weighted by Crippen LogP contribution is 2.49. The standard InChI is InChI=1S/C54H37BN2O2.C42H25BN2O2/c1-5-17-40(18-6-1)56(41-19-7-2-8-20-41)44-33-29-38(30-34-44)46-37-47(39-31-35-45(36-32-39)57(42-21-9-3-10-22-42)43-23-11-4-12-24-43)54-52-53(46)58-50-27-15-13-25-48(50)55(52)49-26-14-16-28-51(49)59-54;1-5-14-34-28(10-1)29-11-2-6-15-35(29)44(34)26-20-22-32-40(24-26)46-38-18-9-19-39-42(38)43(32)33-23-21-27(25-41(33)47-39)45-36-16-7-3-12-30(36)31-13-4-8-17-37(31)45/h1-37H;1-25H. The molecular weight excluding hydrogens is 1290 g/mol. The van der Waals surface area contributed by atoms with Crippen LogP contribution in [0.5, 0.6) is 46.0 Å². The smallest absolute Gasteiger partial charge is 0.260 e. The van der Waals surface area contributed by atoms with Gasteiger partial charge in [0, 0.05) is 101 Å². The molecule has 22 rings (SSSR count). The van der Waals surface area contributed by atoms with Gasteiger partial charge in [-0.15, -0.1) is 0 Å². The van der Waals surface area contributed by atoms with E-state index in [-0.39, 0.29) is 13.4 Å². The lowest BCUT2D eigenvalue weighted by Gasteiger charge is -2.35. The van der Waals surface area contributed by atoms with Crippen molar-refractivity contribution in [1.82, 2.24) is 9.13 Å². The van der Waals surface area contributed by atoms with Crippen molar-refractivity contribution in [2.24, 2.45) is 0 Å². The number of anilines is 6. The highest BCUT2D eigenvalue weighted by atomic mass is 16.5. The SMILES string of the molecule is c1cc2c3c(c1)Oc1cc(-n4c5ccccc5c5ccccc54)ccc1B3c1ccc(-n3c4ccccc4c4ccccc43)cc1O2.c1ccc(N(c2ccccc2)c2ccc(-c3cc(-c4ccc(N(c5ccccc5)c5ccccc5)cc4)c4c5c3Oc3ccccc3B5c3ccccc3O4)cc2)cc1. The number of aromatic nitrogens is 2. The largest absolute Gasteiger partial charge is 0.458 e. The van der Waals surface area contributed by atoms with Crippen LogP contribution in [-0.4, -0.2) is 22.6 Å². The van der Waals surface area contributed by atoms with Crippen molar-refractivity contribution < 1.29 is 18.9 Å². The lowest BCUT2D eigenvalue weighted by atomic mass is 9.34. The molecule has 6 heterocycles. The minimum atomic E-state index is -0.0644. The zero-order chi connectivity index (χ0) is 69.8. The summed E-state index contributed by atoms with van der Waals surface area (Å²) in [4.78, 5) is 4.57. The van der Waals surface area contributed by atoms with Crippen molar-refractivity contribution in [3.63, 3.8) is 0 Å². The lowest BCUT2D eigenvalue weighted by molar-refractivity contribution is 0.464. The first kappa shape index (κ1) is 60.8. The normalized spacial score (nSPS) is 12.4. The van der Waals surface area contributed by atoms with Gasteiger partial charge in [0.2, 0.25) is 0 Å². The van der Waals surface area contributed by atoms with Crippen LogP contribution in [0.15, 0.2) is 376 Å². The Morgan fingerprint density at radius 1 is 0.217 bits per heavy atom. The summed E-state index contributed by atoms with van der Waals surface area (Å²) in [6.07, 6.45) is 0. The van der Waals surface area contributed by atoms with Crippen molar-refractivity contribution in [2.75, 3.05) is 9.80 Å². The lowest BCUT2D eigenvalue weighted by Crippen LogP contribution is -2.57. The number of rotatable bonds is 10. The Morgan fingerprint density at radius 3 is 0.896 bits per heavy atom. The predicted molar refractivity (Wildman–Crippen MR) is 437 cm³/mol. The first-order valence-electron chi connectivity index (χ1n) is 36.1. The molecule has 0 spiro atoms. The van der Waals surface area contributed by atoms with Crippen molar-refractivity contribution >= 4 is 124 Å². The van der Waals surface area contributed by atoms with Gasteiger partial charge in [0.1, 0.15) is 46.0 Å². The molecule has 18 aromatic rings. The highest BCUT2D eigenvalue weighted by Gasteiger charge is 2.44. The van der Waals surface area contributed by atoms with Gasteiger partial charge in [0.25, 0.3) is 13.4 Å². The fraction of sp³-hybridized carbons (Fsp3) is 0. The van der Waals surface area contributed by atoms with Crippen molar-refractivity contribution in [2.45, 2.75) is 0 Å². The van der Waals surface area contributed by atoms with Crippen LogP contribution in [0.2, 0.25) is 0 Å². The molecule has 0 saturated heterocycles. The first-order valence-corrected chi connectivity index (χ1v) is 36.1. The minimum absolute atomic E-state index is 0.00639. The second-order valence-electron chi connectivity index (χ2n) is 27.4. The first-order chi connectivity index (χ1) is 52.6. The molecule has 0 bridgehead atoms. The molecule has 8 nitrogen and oxygen atoms in total. The number of hydrogen-bond acceptors (Lipinski definition) is 6. The summed E-state index contributed by atoms with van der Waals surface area (Å²) in [7, 11) is 0. The summed E-state index contributed by atoms with van der Waals surface area (Å²) < 4.78 is 32.0. The third-order valence-electron chi connectivity index (χ3n) is 21.4. The molecular formula is C96H62B2N4O4. The van der Waals surface area contributed by atoms with Crippen molar-refractivity contribution in [1.29, 1.82) is 0 Å². The maximum Gasteiger partial charge on any atom is 0.260 e. The van der Waals surface area contributed by atoms with Gasteiger partial charge >= 0.3 is 0 Å². The molecule has 106 heavy (non-hydrogen) atoms. The van der Waals surface area contributed by atoms with Crippen LogP contribution in [0, 0.1) is 0 Å². The van der Waals surface area contributed by atoms with Gasteiger partial charge in [-0.2, -0.15) is 0 Å². The van der Waals surface area contributed by atoms with Gasteiger partial charge in [0.15, 0.2) is 0 Å². The second-order valence-corrected chi connectivity index (χ2v) is 27.4. The van der Waals surface area contributed by atoms with Crippen LogP contribution >= 0.6 is 0 Å². The molecule has 16 aromatic carbocycles. The molecule has 0 radical (unpaired) electrons. The molecule has 0 aliphatic carbocycles. The molecule has 4 aliphatic rings. The van der Waals surface area contributed by atoms with Crippen LogP contribution in [-0.2, 0) is 0 Å². The van der Waals surface area contributed by atoms with E-state index in [1.54, 1.807) is 0 Å². The van der Waals surface area contributed by atoms with E-state index in [2.05, 4.69) is 389 Å². The summed E-state index contributed by atoms with van der Waals surface area (Å²) in [5.74, 6) is 6.82. The van der Waals surface area contributed by atoms with E-state index >= 15 is 0 Å². The summed E-state index contributed by atoms with van der Waals surface area (Å²) >= 11 is 0.